The fraction of sp³-hybridized carbons (Fsp3) is 0.350. The average Bonchev–Trinajstić information content (AvgIpc) is 2.61. The summed E-state index contributed by atoms with van der Waals surface area (Å²) in [4.78, 5) is 36.4. The minimum absolute atomic E-state index is 0.187. The number of aliphatic hydroxyl groups is 1. The molecule has 0 aliphatic carbocycles. The summed E-state index contributed by atoms with van der Waals surface area (Å²) >= 11 is 0. The summed E-state index contributed by atoms with van der Waals surface area (Å²) in [7, 11) is 0. The number of anilines is 2. The van der Waals surface area contributed by atoms with Crippen LogP contribution in [-0.4, -0.2) is 33.8 Å². The maximum Gasteiger partial charge on any atom is 0.319 e. The van der Waals surface area contributed by atoms with Gasteiger partial charge in [0.15, 0.2) is 5.60 Å². The lowest BCUT2D eigenvalue weighted by molar-refractivity contribution is -0.133. The highest BCUT2D eigenvalue weighted by atomic mass is 16.3. The Morgan fingerprint density at radius 1 is 1.14 bits per heavy atom. The first-order chi connectivity index (χ1) is 13.1. The number of nitrogens with zero attached hydrogens (tertiary/aromatic N) is 1. The molecule has 1 heterocycles. The lowest BCUT2D eigenvalue weighted by Gasteiger charge is -2.24. The first-order valence-corrected chi connectivity index (χ1v) is 8.99. The number of carbonyl (C=O) groups excluding carboxylic acids is 2. The van der Waals surface area contributed by atoms with Crippen LogP contribution >= 0.6 is 0 Å². The van der Waals surface area contributed by atoms with Crippen molar-refractivity contribution in [2.24, 2.45) is 0 Å². The normalized spacial score (nSPS) is 12.8. The second kappa shape index (κ2) is 8.71. The molecule has 1 unspecified atom stereocenters. The van der Waals surface area contributed by atoms with E-state index in [-0.39, 0.29) is 18.1 Å². The molecule has 1 aromatic carbocycles. The van der Waals surface area contributed by atoms with Crippen molar-refractivity contribution in [3.05, 3.63) is 58.0 Å². The summed E-state index contributed by atoms with van der Waals surface area (Å²) < 4.78 is 1.28. The molecule has 0 bridgehead atoms. The number of urea groups is 1. The van der Waals surface area contributed by atoms with Gasteiger partial charge in [0.2, 0.25) is 0 Å². The summed E-state index contributed by atoms with van der Waals surface area (Å²) in [5.41, 5.74) is 0.336. The summed E-state index contributed by atoms with van der Waals surface area (Å²) in [5.74, 6) is -0.654. The Balaban J connectivity index is 2.16. The zero-order valence-corrected chi connectivity index (χ0v) is 16.5. The van der Waals surface area contributed by atoms with Crippen LogP contribution in [0.25, 0.3) is 0 Å². The molecule has 1 atom stereocenters. The minimum atomic E-state index is -1.81. The second-order valence-corrected chi connectivity index (χ2v) is 6.86. The fourth-order valence-corrected chi connectivity index (χ4v) is 2.63. The molecule has 2 aromatic rings. The smallest absolute Gasteiger partial charge is 0.319 e. The number of carbonyl (C=O) groups is 2. The molecule has 0 radical (unpaired) electrons. The van der Waals surface area contributed by atoms with E-state index >= 15 is 0 Å². The average molecular weight is 386 g/mol. The Labute approximate surface area is 163 Å². The summed E-state index contributed by atoms with van der Waals surface area (Å²) in [6.45, 7) is 7.00. The molecular weight excluding hydrogens is 360 g/mol. The van der Waals surface area contributed by atoms with Gasteiger partial charge in [-0.3, -0.25) is 9.59 Å². The van der Waals surface area contributed by atoms with Gasteiger partial charge in [-0.05, 0) is 57.0 Å². The number of pyridine rings is 1. The predicted octanol–water partition coefficient (Wildman–Crippen LogP) is 2.00. The first kappa shape index (κ1) is 21.2. The molecule has 28 heavy (non-hydrogen) atoms. The van der Waals surface area contributed by atoms with Crippen LogP contribution in [-0.2, 0) is 11.3 Å². The van der Waals surface area contributed by atoms with E-state index in [1.165, 1.54) is 17.6 Å². The van der Waals surface area contributed by atoms with Gasteiger partial charge in [0.05, 0.1) is 6.54 Å². The van der Waals surface area contributed by atoms with Crippen molar-refractivity contribution in [2.75, 3.05) is 17.2 Å². The number of nitrogens with one attached hydrogen (secondary N) is 3. The zero-order chi connectivity index (χ0) is 20.9. The molecule has 150 valence electrons. The number of amides is 3. The molecular formula is C20H26N4O4. The van der Waals surface area contributed by atoms with Gasteiger partial charge in [0.25, 0.3) is 11.5 Å². The highest BCUT2D eigenvalue weighted by molar-refractivity contribution is 5.99. The molecule has 8 heteroatoms. The van der Waals surface area contributed by atoms with Crippen LogP contribution in [0, 0.1) is 13.8 Å². The van der Waals surface area contributed by atoms with Crippen molar-refractivity contribution >= 4 is 23.3 Å². The number of benzene rings is 1. The molecule has 0 fully saturated rings. The lowest BCUT2D eigenvalue weighted by Crippen LogP contribution is -2.45. The molecule has 0 aliphatic heterocycles. The summed E-state index contributed by atoms with van der Waals surface area (Å²) in [5, 5.41) is 18.6. The SMILES string of the molecule is CCNC(=O)Nc1cccc(NC(=O)C(C)(O)Cn2ccc(C)cc2=O)c1C. The Hall–Kier alpha value is -3.13. The number of aryl methyl sites for hydroxylation is 1. The summed E-state index contributed by atoms with van der Waals surface area (Å²) in [6.07, 6.45) is 1.54. The maximum absolute atomic E-state index is 12.6. The van der Waals surface area contributed by atoms with Crippen molar-refractivity contribution in [2.45, 2.75) is 39.8 Å². The zero-order valence-electron chi connectivity index (χ0n) is 16.5. The Morgan fingerprint density at radius 3 is 2.39 bits per heavy atom. The van der Waals surface area contributed by atoms with Crippen molar-refractivity contribution < 1.29 is 14.7 Å². The molecule has 1 aromatic heterocycles. The number of aromatic nitrogens is 1. The number of rotatable bonds is 6. The van der Waals surface area contributed by atoms with Crippen LogP contribution in [0.4, 0.5) is 16.2 Å². The van der Waals surface area contributed by atoms with Gasteiger partial charge in [-0.1, -0.05) is 6.07 Å². The number of hydrogen-bond acceptors (Lipinski definition) is 4. The lowest BCUT2D eigenvalue weighted by atomic mass is 10.0. The van der Waals surface area contributed by atoms with E-state index in [2.05, 4.69) is 16.0 Å². The highest BCUT2D eigenvalue weighted by Crippen LogP contribution is 2.24. The Morgan fingerprint density at radius 2 is 1.79 bits per heavy atom. The maximum atomic E-state index is 12.6. The standard InChI is InChI=1S/C20H26N4O4/c1-5-21-19(27)23-16-8-6-7-15(14(16)3)22-18(26)20(4,28)12-24-10-9-13(2)11-17(24)25/h6-11,28H,5,12H2,1-4H3,(H,22,26)(H2,21,23,27). The monoisotopic (exact) mass is 386 g/mol. The van der Waals surface area contributed by atoms with Crippen molar-refractivity contribution in [1.82, 2.24) is 9.88 Å². The van der Waals surface area contributed by atoms with Crippen LogP contribution in [0.3, 0.4) is 0 Å². The van der Waals surface area contributed by atoms with E-state index in [4.69, 9.17) is 0 Å². The van der Waals surface area contributed by atoms with Crippen LogP contribution < -0.4 is 21.5 Å². The van der Waals surface area contributed by atoms with Crippen LogP contribution in [0.1, 0.15) is 25.0 Å². The number of hydrogen-bond donors (Lipinski definition) is 4. The van der Waals surface area contributed by atoms with Gasteiger partial charge in [0.1, 0.15) is 0 Å². The van der Waals surface area contributed by atoms with E-state index in [1.54, 1.807) is 44.3 Å². The van der Waals surface area contributed by atoms with Gasteiger partial charge in [-0.15, -0.1) is 0 Å². The summed E-state index contributed by atoms with van der Waals surface area (Å²) in [6, 6.07) is 7.89. The molecule has 0 aliphatic rings. The molecule has 4 N–H and O–H groups in total. The van der Waals surface area contributed by atoms with E-state index in [9.17, 15) is 19.5 Å². The van der Waals surface area contributed by atoms with E-state index in [1.807, 2.05) is 6.92 Å². The second-order valence-electron chi connectivity index (χ2n) is 6.86. The van der Waals surface area contributed by atoms with Gasteiger partial charge in [-0.2, -0.15) is 0 Å². The van der Waals surface area contributed by atoms with Crippen LogP contribution in [0.15, 0.2) is 41.3 Å². The minimum Gasteiger partial charge on any atom is -0.378 e. The largest absolute Gasteiger partial charge is 0.378 e. The molecule has 0 saturated heterocycles. The fourth-order valence-electron chi connectivity index (χ4n) is 2.63. The van der Waals surface area contributed by atoms with Crippen molar-refractivity contribution in [3.63, 3.8) is 0 Å². The third-order valence-electron chi connectivity index (χ3n) is 4.29. The Kier molecular flexibility index (Phi) is 6.58. The van der Waals surface area contributed by atoms with E-state index in [0.29, 0.717) is 23.5 Å². The molecule has 3 amide bonds. The van der Waals surface area contributed by atoms with Crippen LogP contribution in [0.2, 0.25) is 0 Å². The molecule has 0 spiro atoms. The predicted molar refractivity (Wildman–Crippen MR) is 109 cm³/mol. The Bertz CT molecular complexity index is 934. The third-order valence-corrected chi connectivity index (χ3v) is 4.29. The molecule has 0 saturated carbocycles. The van der Waals surface area contributed by atoms with E-state index < -0.39 is 11.5 Å². The topological polar surface area (TPSA) is 112 Å². The molecule has 8 nitrogen and oxygen atoms in total. The van der Waals surface area contributed by atoms with Crippen LogP contribution in [0.5, 0.6) is 0 Å². The van der Waals surface area contributed by atoms with E-state index in [0.717, 1.165) is 5.56 Å². The van der Waals surface area contributed by atoms with Gasteiger partial charge in [-0.25, -0.2) is 4.79 Å². The first-order valence-electron chi connectivity index (χ1n) is 8.99. The van der Waals surface area contributed by atoms with Crippen molar-refractivity contribution in [1.29, 1.82) is 0 Å². The molecule has 2 rings (SSSR count). The third kappa shape index (κ3) is 5.20. The quantitative estimate of drug-likeness (QED) is 0.608. The van der Waals surface area contributed by atoms with Gasteiger partial charge in [0, 0.05) is 30.2 Å². The van der Waals surface area contributed by atoms with Gasteiger partial charge < -0.3 is 25.6 Å². The van der Waals surface area contributed by atoms with Gasteiger partial charge >= 0.3 is 6.03 Å². The van der Waals surface area contributed by atoms with Crippen molar-refractivity contribution in [3.8, 4) is 0 Å². The highest BCUT2D eigenvalue weighted by Gasteiger charge is 2.31.